The van der Waals surface area contributed by atoms with Crippen LogP contribution in [0.3, 0.4) is 0 Å². The number of pyridine rings is 1. The lowest BCUT2D eigenvalue weighted by Crippen LogP contribution is -2.26. The van der Waals surface area contributed by atoms with E-state index in [0.717, 1.165) is 23.2 Å². The van der Waals surface area contributed by atoms with E-state index in [0.29, 0.717) is 6.54 Å². The summed E-state index contributed by atoms with van der Waals surface area (Å²) in [4.78, 5) is 18.5. The van der Waals surface area contributed by atoms with Crippen LogP contribution in [0.4, 0.5) is 0 Å². The predicted molar refractivity (Wildman–Crippen MR) is 85.6 cm³/mol. The molecule has 0 fully saturated rings. The molecule has 0 saturated heterocycles. The Morgan fingerprint density at radius 1 is 1.05 bits per heavy atom. The zero-order valence-electron chi connectivity index (χ0n) is 13.2. The molecule has 0 aliphatic heterocycles. The van der Waals surface area contributed by atoms with Crippen molar-refractivity contribution in [2.45, 2.75) is 27.3 Å². The number of Topliss-reactive ketones (excluding diaryl/α,β-unsaturated/α-hetero) is 1. The fourth-order valence-corrected chi connectivity index (χ4v) is 2.45. The number of aryl methyl sites for hydroxylation is 3. The molecule has 3 nitrogen and oxygen atoms in total. The molecule has 0 bridgehead atoms. The third-order valence-electron chi connectivity index (χ3n) is 3.76. The highest BCUT2D eigenvalue weighted by molar-refractivity contribution is 5.99. The van der Waals surface area contributed by atoms with Crippen molar-refractivity contribution >= 4 is 5.78 Å². The standard InChI is InChI=1S/C18H22N2O/c1-13-9-15(3)17(10-14(13)2)18(21)12-20(4)11-16-5-7-19-8-6-16/h5-10H,11-12H2,1-4H3. The quantitative estimate of drug-likeness (QED) is 0.789. The number of carbonyl (C=O) groups is 1. The molecule has 0 radical (unpaired) electrons. The molecule has 0 N–H and O–H groups in total. The van der Waals surface area contributed by atoms with Crippen molar-refractivity contribution < 1.29 is 4.79 Å². The molecule has 0 aliphatic rings. The lowest BCUT2D eigenvalue weighted by atomic mass is 9.98. The van der Waals surface area contributed by atoms with Crippen LogP contribution >= 0.6 is 0 Å². The van der Waals surface area contributed by atoms with Crippen LogP contribution in [0.5, 0.6) is 0 Å². The van der Waals surface area contributed by atoms with Crippen LogP contribution in [0.1, 0.15) is 32.6 Å². The molecule has 0 saturated carbocycles. The van der Waals surface area contributed by atoms with Crippen molar-refractivity contribution in [2.75, 3.05) is 13.6 Å². The molecule has 0 atom stereocenters. The van der Waals surface area contributed by atoms with Crippen LogP contribution in [0.2, 0.25) is 0 Å². The first kappa shape index (κ1) is 15.4. The molecule has 2 rings (SSSR count). The van der Waals surface area contributed by atoms with Crippen molar-refractivity contribution in [1.82, 2.24) is 9.88 Å². The van der Waals surface area contributed by atoms with Gasteiger partial charge >= 0.3 is 0 Å². The summed E-state index contributed by atoms with van der Waals surface area (Å²) in [6.45, 7) is 7.30. The van der Waals surface area contributed by atoms with Crippen molar-refractivity contribution in [3.8, 4) is 0 Å². The number of ketones is 1. The first-order valence-corrected chi connectivity index (χ1v) is 7.16. The lowest BCUT2D eigenvalue weighted by molar-refractivity contribution is 0.0942. The number of aromatic nitrogens is 1. The second-order valence-electron chi connectivity index (χ2n) is 5.70. The van der Waals surface area contributed by atoms with Gasteiger partial charge in [0.1, 0.15) is 0 Å². The number of benzene rings is 1. The van der Waals surface area contributed by atoms with Gasteiger partial charge in [-0.05, 0) is 68.3 Å². The molecule has 0 aliphatic carbocycles. The number of likely N-dealkylation sites (N-methyl/N-ethyl adjacent to an activating group) is 1. The van der Waals surface area contributed by atoms with Gasteiger partial charge in [-0.3, -0.25) is 14.7 Å². The monoisotopic (exact) mass is 282 g/mol. The molecule has 0 amide bonds. The Labute approximate surface area is 126 Å². The van der Waals surface area contributed by atoms with Gasteiger partial charge in [0.15, 0.2) is 5.78 Å². The summed E-state index contributed by atoms with van der Waals surface area (Å²) >= 11 is 0. The molecule has 0 unspecified atom stereocenters. The highest BCUT2D eigenvalue weighted by Crippen LogP contribution is 2.16. The maximum atomic E-state index is 12.5. The normalized spacial score (nSPS) is 10.9. The van der Waals surface area contributed by atoms with E-state index in [9.17, 15) is 4.79 Å². The number of hydrogen-bond donors (Lipinski definition) is 0. The SMILES string of the molecule is Cc1cc(C)c(C(=O)CN(C)Cc2ccncc2)cc1C. The summed E-state index contributed by atoms with van der Waals surface area (Å²) in [5.41, 5.74) is 5.45. The van der Waals surface area contributed by atoms with Gasteiger partial charge in [-0.25, -0.2) is 0 Å². The maximum absolute atomic E-state index is 12.5. The second-order valence-corrected chi connectivity index (χ2v) is 5.70. The van der Waals surface area contributed by atoms with E-state index in [4.69, 9.17) is 0 Å². The molecule has 1 heterocycles. The molecule has 110 valence electrons. The summed E-state index contributed by atoms with van der Waals surface area (Å²) in [5, 5.41) is 0. The number of carbonyl (C=O) groups excluding carboxylic acids is 1. The number of hydrogen-bond acceptors (Lipinski definition) is 3. The van der Waals surface area contributed by atoms with Crippen LogP contribution in [0, 0.1) is 20.8 Å². The Morgan fingerprint density at radius 2 is 1.67 bits per heavy atom. The van der Waals surface area contributed by atoms with E-state index in [2.05, 4.69) is 18.0 Å². The van der Waals surface area contributed by atoms with Gasteiger partial charge in [-0.15, -0.1) is 0 Å². The third kappa shape index (κ3) is 3.99. The van der Waals surface area contributed by atoms with Crippen molar-refractivity contribution in [2.24, 2.45) is 0 Å². The molecule has 21 heavy (non-hydrogen) atoms. The van der Waals surface area contributed by atoms with Gasteiger partial charge in [0.25, 0.3) is 0 Å². The molecule has 1 aromatic carbocycles. The van der Waals surface area contributed by atoms with Crippen LogP contribution in [-0.2, 0) is 6.54 Å². The number of nitrogens with zero attached hydrogens (tertiary/aromatic N) is 2. The minimum atomic E-state index is 0.173. The summed E-state index contributed by atoms with van der Waals surface area (Å²) in [6, 6.07) is 8.04. The molecular formula is C18H22N2O. The largest absolute Gasteiger partial charge is 0.295 e. The van der Waals surface area contributed by atoms with Crippen LogP contribution in [-0.4, -0.2) is 29.3 Å². The van der Waals surface area contributed by atoms with Gasteiger partial charge in [0.2, 0.25) is 0 Å². The zero-order valence-corrected chi connectivity index (χ0v) is 13.2. The van der Waals surface area contributed by atoms with Crippen LogP contribution < -0.4 is 0 Å². The molecular weight excluding hydrogens is 260 g/mol. The Bertz CT molecular complexity index is 635. The lowest BCUT2D eigenvalue weighted by Gasteiger charge is -2.17. The highest BCUT2D eigenvalue weighted by Gasteiger charge is 2.13. The van der Waals surface area contributed by atoms with Crippen LogP contribution in [0.25, 0.3) is 0 Å². The van der Waals surface area contributed by atoms with E-state index < -0.39 is 0 Å². The Kier molecular flexibility index (Phi) is 4.86. The molecule has 0 spiro atoms. The van der Waals surface area contributed by atoms with Gasteiger partial charge < -0.3 is 0 Å². The summed E-state index contributed by atoms with van der Waals surface area (Å²) < 4.78 is 0. The van der Waals surface area contributed by atoms with E-state index in [1.807, 2.05) is 44.0 Å². The molecule has 2 aromatic rings. The van der Waals surface area contributed by atoms with Crippen molar-refractivity contribution in [1.29, 1.82) is 0 Å². The maximum Gasteiger partial charge on any atom is 0.177 e. The van der Waals surface area contributed by atoms with E-state index in [-0.39, 0.29) is 5.78 Å². The van der Waals surface area contributed by atoms with Crippen molar-refractivity contribution in [3.63, 3.8) is 0 Å². The van der Waals surface area contributed by atoms with Gasteiger partial charge in [0.05, 0.1) is 6.54 Å². The first-order chi connectivity index (χ1) is 9.97. The Balaban J connectivity index is 2.06. The van der Waals surface area contributed by atoms with Gasteiger partial charge in [-0.1, -0.05) is 6.07 Å². The third-order valence-corrected chi connectivity index (χ3v) is 3.76. The summed E-state index contributed by atoms with van der Waals surface area (Å²) in [6.07, 6.45) is 3.55. The first-order valence-electron chi connectivity index (χ1n) is 7.16. The van der Waals surface area contributed by atoms with E-state index in [1.165, 1.54) is 11.1 Å². The van der Waals surface area contributed by atoms with E-state index in [1.54, 1.807) is 12.4 Å². The molecule has 1 aromatic heterocycles. The average Bonchev–Trinajstić information content (AvgIpc) is 2.43. The predicted octanol–water partition coefficient (Wildman–Crippen LogP) is 3.32. The highest BCUT2D eigenvalue weighted by atomic mass is 16.1. The Hall–Kier alpha value is -2.00. The second kappa shape index (κ2) is 6.64. The van der Waals surface area contributed by atoms with Gasteiger partial charge in [0, 0.05) is 24.5 Å². The fourth-order valence-electron chi connectivity index (χ4n) is 2.45. The zero-order chi connectivity index (χ0) is 15.4. The molecule has 3 heteroatoms. The minimum Gasteiger partial charge on any atom is -0.295 e. The van der Waals surface area contributed by atoms with E-state index >= 15 is 0 Å². The summed E-state index contributed by atoms with van der Waals surface area (Å²) in [7, 11) is 1.97. The smallest absolute Gasteiger partial charge is 0.177 e. The van der Waals surface area contributed by atoms with Gasteiger partial charge in [-0.2, -0.15) is 0 Å². The Morgan fingerprint density at radius 3 is 2.33 bits per heavy atom. The fraction of sp³-hybridized carbons (Fsp3) is 0.333. The average molecular weight is 282 g/mol. The minimum absolute atomic E-state index is 0.173. The summed E-state index contributed by atoms with van der Waals surface area (Å²) in [5.74, 6) is 0.173. The van der Waals surface area contributed by atoms with Crippen molar-refractivity contribution in [3.05, 3.63) is 64.5 Å². The topological polar surface area (TPSA) is 33.2 Å². The number of rotatable bonds is 5. The van der Waals surface area contributed by atoms with Crippen LogP contribution in [0.15, 0.2) is 36.7 Å².